The van der Waals surface area contributed by atoms with Gasteiger partial charge in [-0.25, -0.2) is 0 Å². The Kier molecular flexibility index (Phi) is 3.34. The van der Waals surface area contributed by atoms with Crippen LogP contribution in [0.25, 0.3) is 0 Å². The number of aliphatic hydroxyl groups excluding tert-OH is 2. The molecule has 66 valence electrons. The summed E-state index contributed by atoms with van der Waals surface area (Å²) in [5, 5.41) is 18.4. The monoisotopic (exact) mass is 158 g/mol. The zero-order chi connectivity index (χ0) is 8.27. The summed E-state index contributed by atoms with van der Waals surface area (Å²) in [4.78, 5) is 0. The zero-order valence-electron chi connectivity index (χ0n) is 7.16. The number of rotatable bonds is 2. The van der Waals surface area contributed by atoms with E-state index in [0.29, 0.717) is 11.8 Å². The van der Waals surface area contributed by atoms with Crippen molar-refractivity contribution in [3.8, 4) is 0 Å². The molecule has 1 fully saturated rings. The van der Waals surface area contributed by atoms with Gasteiger partial charge in [-0.2, -0.15) is 0 Å². The van der Waals surface area contributed by atoms with Gasteiger partial charge in [0.15, 0.2) is 0 Å². The second kappa shape index (κ2) is 4.07. The van der Waals surface area contributed by atoms with E-state index in [1.807, 2.05) is 6.92 Å². The molecule has 2 heteroatoms. The van der Waals surface area contributed by atoms with E-state index in [1.165, 1.54) is 12.8 Å². The fraction of sp³-hybridized carbons (Fsp3) is 1.00. The first-order chi connectivity index (χ1) is 5.25. The average molecular weight is 158 g/mol. The molecule has 1 aliphatic carbocycles. The maximum atomic E-state index is 9.37. The van der Waals surface area contributed by atoms with Gasteiger partial charge < -0.3 is 10.2 Å². The predicted molar refractivity (Wildman–Crippen MR) is 44.2 cm³/mol. The van der Waals surface area contributed by atoms with Crippen LogP contribution in [-0.2, 0) is 0 Å². The van der Waals surface area contributed by atoms with E-state index in [1.54, 1.807) is 0 Å². The van der Waals surface area contributed by atoms with E-state index in [2.05, 4.69) is 0 Å². The average Bonchev–Trinajstić information content (AvgIpc) is 2.04. The zero-order valence-corrected chi connectivity index (χ0v) is 7.16. The van der Waals surface area contributed by atoms with Gasteiger partial charge in [-0.3, -0.25) is 0 Å². The Balaban J connectivity index is 2.44. The fourth-order valence-electron chi connectivity index (χ4n) is 2.10. The van der Waals surface area contributed by atoms with Crippen LogP contribution in [0.4, 0.5) is 0 Å². The van der Waals surface area contributed by atoms with Crippen molar-refractivity contribution in [3.05, 3.63) is 0 Å². The quantitative estimate of drug-likeness (QED) is 0.633. The van der Waals surface area contributed by atoms with Crippen LogP contribution >= 0.6 is 0 Å². The lowest BCUT2D eigenvalue weighted by Gasteiger charge is -2.32. The Morgan fingerprint density at radius 2 is 2.00 bits per heavy atom. The highest BCUT2D eigenvalue weighted by molar-refractivity contribution is 4.78. The summed E-state index contributed by atoms with van der Waals surface area (Å²) in [6.07, 6.45) is 4.36. The molecule has 1 unspecified atom stereocenters. The Morgan fingerprint density at radius 3 is 2.45 bits per heavy atom. The molecule has 2 nitrogen and oxygen atoms in total. The normalized spacial score (nSPS) is 35.2. The van der Waals surface area contributed by atoms with Gasteiger partial charge in [0.2, 0.25) is 0 Å². The highest BCUT2D eigenvalue weighted by Gasteiger charge is 2.27. The molecular formula is C9H18O2. The van der Waals surface area contributed by atoms with Crippen molar-refractivity contribution in [2.24, 2.45) is 11.8 Å². The third-order valence-corrected chi connectivity index (χ3v) is 2.82. The molecule has 1 aliphatic rings. The lowest BCUT2D eigenvalue weighted by molar-refractivity contribution is 0.0346. The Labute approximate surface area is 68.2 Å². The summed E-state index contributed by atoms with van der Waals surface area (Å²) >= 11 is 0. The highest BCUT2D eigenvalue weighted by Crippen LogP contribution is 2.31. The van der Waals surface area contributed by atoms with Gasteiger partial charge in [-0.05, 0) is 31.6 Å². The molecule has 0 aromatic carbocycles. The van der Waals surface area contributed by atoms with Crippen LogP contribution in [0.5, 0.6) is 0 Å². The predicted octanol–water partition coefficient (Wildman–Crippen LogP) is 1.17. The highest BCUT2D eigenvalue weighted by atomic mass is 16.3. The van der Waals surface area contributed by atoms with E-state index in [-0.39, 0.29) is 12.7 Å². The summed E-state index contributed by atoms with van der Waals surface area (Å²) in [5.74, 6) is 0.692. The first kappa shape index (κ1) is 9.01. The van der Waals surface area contributed by atoms with E-state index >= 15 is 0 Å². The van der Waals surface area contributed by atoms with Crippen molar-refractivity contribution in [1.82, 2.24) is 0 Å². The van der Waals surface area contributed by atoms with E-state index in [9.17, 15) is 5.11 Å². The summed E-state index contributed by atoms with van der Waals surface area (Å²) in [6, 6.07) is 0. The molecular weight excluding hydrogens is 140 g/mol. The number of hydrogen-bond acceptors (Lipinski definition) is 2. The van der Waals surface area contributed by atoms with Crippen LogP contribution < -0.4 is 0 Å². The van der Waals surface area contributed by atoms with Crippen LogP contribution in [0.2, 0.25) is 0 Å². The smallest absolute Gasteiger partial charge is 0.0543 e. The van der Waals surface area contributed by atoms with Crippen LogP contribution in [0.15, 0.2) is 0 Å². The SMILES string of the molecule is CC(O)[C@@H]1CCCC[C@@H]1CO. The molecule has 0 heterocycles. The maximum absolute atomic E-state index is 9.37. The van der Waals surface area contributed by atoms with Crippen LogP contribution in [0, 0.1) is 11.8 Å². The Bertz CT molecular complexity index is 112. The molecule has 2 N–H and O–H groups in total. The van der Waals surface area contributed by atoms with Gasteiger partial charge in [0.05, 0.1) is 6.10 Å². The van der Waals surface area contributed by atoms with Crippen molar-refractivity contribution in [2.45, 2.75) is 38.7 Å². The van der Waals surface area contributed by atoms with Gasteiger partial charge >= 0.3 is 0 Å². The van der Waals surface area contributed by atoms with Crippen LogP contribution in [-0.4, -0.2) is 22.9 Å². The molecule has 0 aliphatic heterocycles. The lowest BCUT2D eigenvalue weighted by atomic mass is 9.77. The third kappa shape index (κ3) is 2.17. The van der Waals surface area contributed by atoms with E-state index in [4.69, 9.17) is 5.11 Å². The molecule has 0 amide bonds. The first-order valence-corrected chi connectivity index (χ1v) is 4.54. The molecule has 0 bridgehead atoms. The molecule has 0 spiro atoms. The summed E-state index contributed by atoms with van der Waals surface area (Å²) in [7, 11) is 0. The summed E-state index contributed by atoms with van der Waals surface area (Å²) in [6.45, 7) is 2.08. The summed E-state index contributed by atoms with van der Waals surface area (Å²) < 4.78 is 0. The largest absolute Gasteiger partial charge is 0.396 e. The maximum Gasteiger partial charge on any atom is 0.0543 e. The van der Waals surface area contributed by atoms with E-state index in [0.717, 1.165) is 12.8 Å². The number of aliphatic hydroxyl groups is 2. The van der Waals surface area contributed by atoms with Crippen LogP contribution in [0.1, 0.15) is 32.6 Å². The first-order valence-electron chi connectivity index (χ1n) is 4.54. The third-order valence-electron chi connectivity index (χ3n) is 2.82. The Morgan fingerprint density at radius 1 is 1.36 bits per heavy atom. The topological polar surface area (TPSA) is 40.5 Å². The van der Waals surface area contributed by atoms with Crippen LogP contribution in [0.3, 0.4) is 0 Å². The minimum atomic E-state index is -0.243. The molecule has 0 aromatic rings. The minimum absolute atomic E-state index is 0.243. The standard InChI is InChI=1S/C9H18O2/c1-7(11)9-5-3-2-4-8(9)6-10/h7-11H,2-6H2,1H3/t7?,8-,9+/m1/s1. The van der Waals surface area contributed by atoms with Crippen molar-refractivity contribution in [3.63, 3.8) is 0 Å². The second-order valence-corrected chi connectivity index (χ2v) is 3.63. The van der Waals surface area contributed by atoms with Crippen molar-refractivity contribution in [2.75, 3.05) is 6.61 Å². The Hall–Kier alpha value is -0.0800. The van der Waals surface area contributed by atoms with Crippen molar-refractivity contribution >= 4 is 0 Å². The number of hydrogen-bond donors (Lipinski definition) is 2. The molecule has 1 rings (SSSR count). The molecule has 0 saturated heterocycles. The second-order valence-electron chi connectivity index (χ2n) is 3.63. The molecule has 0 radical (unpaired) electrons. The molecule has 1 saturated carbocycles. The van der Waals surface area contributed by atoms with Crippen molar-refractivity contribution < 1.29 is 10.2 Å². The molecule has 11 heavy (non-hydrogen) atoms. The minimum Gasteiger partial charge on any atom is -0.396 e. The molecule has 3 atom stereocenters. The molecule has 0 aromatic heterocycles. The van der Waals surface area contributed by atoms with Gasteiger partial charge in [-0.1, -0.05) is 12.8 Å². The lowest BCUT2D eigenvalue weighted by Crippen LogP contribution is -2.30. The summed E-state index contributed by atoms with van der Waals surface area (Å²) in [5.41, 5.74) is 0. The van der Waals surface area contributed by atoms with Gasteiger partial charge in [0.1, 0.15) is 0 Å². The van der Waals surface area contributed by atoms with Gasteiger partial charge in [-0.15, -0.1) is 0 Å². The van der Waals surface area contributed by atoms with Gasteiger partial charge in [0.25, 0.3) is 0 Å². The fourth-order valence-corrected chi connectivity index (χ4v) is 2.10. The van der Waals surface area contributed by atoms with E-state index < -0.39 is 0 Å². The van der Waals surface area contributed by atoms with Gasteiger partial charge in [0, 0.05) is 6.61 Å². The van der Waals surface area contributed by atoms with Crippen molar-refractivity contribution in [1.29, 1.82) is 0 Å².